The number of fused-ring (bicyclic) bond motifs is 2. The van der Waals surface area contributed by atoms with E-state index < -0.39 is 0 Å². The maximum atomic E-state index is 12.5. The third kappa shape index (κ3) is 1.24. The monoisotopic (exact) mass is 206 g/mol. The van der Waals surface area contributed by atoms with Crippen molar-refractivity contribution in [1.82, 2.24) is 0 Å². The highest BCUT2D eigenvalue weighted by Gasteiger charge is 2.57. The highest BCUT2D eigenvalue weighted by atomic mass is 16.1. The second-order valence-corrected chi connectivity index (χ2v) is 6.68. The molecule has 0 aromatic carbocycles. The van der Waals surface area contributed by atoms with E-state index in [0.29, 0.717) is 23.5 Å². The first-order valence-electron chi connectivity index (χ1n) is 6.56. The Hall–Kier alpha value is -0.330. The molecule has 0 spiro atoms. The topological polar surface area (TPSA) is 17.1 Å². The van der Waals surface area contributed by atoms with Crippen molar-refractivity contribution < 1.29 is 4.79 Å². The maximum absolute atomic E-state index is 12.5. The molecular formula is C14H22O. The lowest BCUT2D eigenvalue weighted by atomic mass is 9.55. The zero-order chi connectivity index (χ0) is 10.8. The van der Waals surface area contributed by atoms with E-state index in [1.807, 2.05) is 0 Å². The predicted octanol–water partition coefficient (Wildman–Crippen LogP) is 3.28. The van der Waals surface area contributed by atoms with E-state index >= 15 is 0 Å². The van der Waals surface area contributed by atoms with Crippen molar-refractivity contribution in [2.75, 3.05) is 0 Å². The molecule has 0 aromatic heterocycles. The lowest BCUT2D eigenvalue weighted by Crippen LogP contribution is -2.48. The Kier molecular flexibility index (Phi) is 1.88. The number of ketones is 1. The molecule has 3 fully saturated rings. The van der Waals surface area contributed by atoms with E-state index in [0.717, 1.165) is 11.8 Å². The molecular weight excluding hydrogens is 184 g/mol. The fourth-order valence-corrected chi connectivity index (χ4v) is 4.28. The van der Waals surface area contributed by atoms with Crippen LogP contribution in [0.2, 0.25) is 0 Å². The fraction of sp³-hybridized carbons (Fsp3) is 0.929. The fourth-order valence-electron chi connectivity index (χ4n) is 4.28. The van der Waals surface area contributed by atoms with Gasteiger partial charge in [0.1, 0.15) is 5.78 Å². The van der Waals surface area contributed by atoms with Crippen LogP contribution < -0.4 is 0 Å². The first kappa shape index (κ1) is 9.86. The molecule has 0 bridgehead atoms. The van der Waals surface area contributed by atoms with E-state index in [2.05, 4.69) is 20.8 Å². The van der Waals surface area contributed by atoms with Gasteiger partial charge in [0.05, 0.1) is 0 Å². The molecule has 0 aromatic rings. The van der Waals surface area contributed by atoms with Crippen LogP contribution in [0.1, 0.15) is 46.5 Å². The van der Waals surface area contributed by atoms with Gasteiger partial charge in [0.2, 0.25) is 0 Å². The summed E-state index contributed by atoms with van der Waals surface area (Å²) >= 11 is 0. The molecule has 0 saturated heterocycles. The third-order valence-corrected chi connectivity index (χ3v) is 5.73. The lowest BCUT2D eigenvalue weighted by molar-refractivity contribution is -0.144. The zero-order valence-electron chi connectivity index (χ0n) is 10.1. The molecule has 0 radical (unpaired) electrons. The molecule has 0 aliphatic heterocycles. The number of carbonyl (C=O) groups excluding carboxylic acids is 1. The van der Waals surface area contributed by atoms with Gasteiger partial charge in [-0.2, -0.15) is 0 Å². The van der Waals surface area contributed by atoms with Crippen LogP contribution in [0.3, 0.4) is 0 Å². The van der Waals surface area contributed by atoms with E-state index in [9.17, 15) is 4.79 Å². The van der Waals surface area contributed by atoms with Crippen molar-refractivity contribution in [2.24, 2.45) is 35.0 Å². The Bertz CT molecular complexity index is 308. The summed E-state index contributed by atoms with van der Waals surface area (Å²) in [4.78, 5) is 12.5. The Morgan fingerprint density at radius 3 is 2.60 bits per heavy atom. The van der Waals surface area contributed by atoms with Crippen molar-refractivity contribution in [2.45, 2.75) is 46.5 Å². The minimum absolute atomic E-state index is 0.0591. The van der Waals surface area contributed by atoms with E-state index in [1.165, 1.54) is 25.7 Å². The Labute approximate surface area is 92.6 Å². The molecule has 3 rings (SSSR count). The van der Waals surface area contributed by atoms with Gasteiger partial charge < -0.3 is 0 Å². The third-order valence-electron chi connectivity index (χ3n) is 5.73. The van der Waals surface area contributed by atoms with Gasteiger partial charge in [0.25, 0.3) is 0 Å². The van der Waals surface area contributed by atoms with Gasteiger partial charge in [-0.25, -0.2) is 0 Å². The van der Waals surface area contributed by atoms with E-state index in [-0.39, 0.29) is 5.41 Å². The van der Waals surface area contributed by atoms with E-state index in [4.69, 9.17) is 0 Å². The van der Waals surface area contributed by atoms with Gasteiger partial charge in [-0.1, -0.05) is 20.8 Å². The molecule has 3 saturated carbocycles. The summed E-state index contributed by atoms with van der Waals surface area (Å²) in [5, 5.41) is 0. The first-order valence-corrected chi connectivity index (χ1v) is 6.56. The predicted molar refractivity (Wildman–Crippen MR) is 60.4 cm³/mol. The van der Waals surface area contributed by atoms with Crippen LogP contribution in [0.25, 0.3) is 0 Å². The Balaban J connectivity index is 1.91. The second kappa shape index (κ2) is 2.87. The summed E-state index contributed by atoms with van der Waals surface area (Å²) in [5.41, 5.74) is 0.0591. The Morgan fingerprint density at radius 2 is 1.87 bits per heavy atom. The van der Waals surface area contributed by atoms with Gasteiger partial charge >= 0.3 is 0 Å². The highest BCUT2D eigenvalue weighted by molar-refractivity contribution is 5.88. The Morgan fingerprint density at radius 1 is 1.13 bits per heavy atom. The van der Waals surface area contributed by atoms with Gasteiger partial charge in [-0.05, 0) is 49.4 Å². The van der Waals surface area contributed by atoms with Crippen LogP contribution in [-0.2, 0) is 4.79 Å². The van der Waals surface area contributed by atoms with Crippen molar-refractivity contribution in [3.05, 3.63) is 0 Å². The van der Waals surface area contributed by atoms with Gasteiger partial charge in [-0.3, -0.25) is 4.79 Å². The molecule has 15 heavy (non-hydrogen) atoms. The molecule has 0 heterocycles. The van der Waals surface area contributed by atoms with Crippen LogP contribution in [0.5, 0.6) is 0 Å². The smallest absolute Gasteiger partial charge is 0.142 e. The van der Waals surface area contributed by atoms with Crippen LogP contribution in [0, 0.1) is 35.0 Å². The number of rotatable bonds is 0. The molecule has 84 valence electrons. The summed E-state index contributed by atoms with van der Waals surface area (Å²) in [7, 11) is 0. The maximum Gasteiger partial charge on any atom is 0.142 e. The van der Waals surface area contributed by atoms with E-state index in [1.54, 1.807) is 0 Å². The van der Waals surface area contributed by atoms with Crippen molar-refractivity contribution in [1.29, 1.82) is 0 Å². The second-order valence-electron chi connectivity index (χ2n) is 6.68. The normalized spacial score (nSPS) is 58.3. The minimum atomic E-state index is 0.0591. The van der Waals surface area contributed by atoms with Crippen LogP contribution in [0.15, 0.2) is 0 Å². The van der Waals surface area contributed by atoms with Crippen molar-refractivity contribution in [3.63, 3.8) is 0 Å². The minimum Gasteiger partial charge on any atom is -0.299 e. The number of Topliss-reactive ketones (excluding diaryl/α,β-unsaturated/α-hetero) is 1. The lowest BCUT2D eigenvalue weighted by Gasteiger charge is -2.48. The summed E-state index contributed by atoms with van der Waals surface area (Å²) in [6.45, 7) is 6.67. The standard InChI is InChI=1S/C14H22O/c1-8-4-12-6-10-5-11(10)7-14(12,3)13(15)9(8)2/h8-12H,4-7H2,1-3H3/t8?,9?,10-,11?,12?,14?/m1/s1. The van der Waals surface area contributed by atoms with Gasteiger partial charge in [0.15, 0.2) is 0 Å². The van der Waals surface area contributed by atoms with Gasteiger partial charge in [0, 0.05) is 11.3 Å². The molecule has 0 amide bonds. The molecule has 3 aliphatic carbocycles. The van der Waals surface area contributed by atoms with Crippen LogP contribution in [-0.4, -0.2) is 5.78 Å². The molecule has 1 heteroatoms. The zero-order valence-corrected chi connectivity index (χ0v) is 10.1. The summed E-state index contributed by atoms with van der Waals surface area (Å²) in [5.74, 6) is 4.12. The quantitative estimate of drug-likeness (QED) is 0.594. The summed E-state index contributed by atoms with van der Waals surface area (Å²) < 4.78 is 0. The first-order chi connectivity index (χ1) is 7.02. The highest BCUT2D eigenvalue weighted by Crippen LogP contribution is 2.62. The van der Waals surface area contributed by atoms with Gasteiger partial charge in [-0.15, -0.1) is 0 Å². The summed E-state index contributed by atoms with van der Waals surface area (Å²) in [6, 6.07) is 0. The number of hydrogen-bond donors (Lipinski definition) is 0. The number of carbonyl (C=O) groups is 1. The van der Waals surface area contributed by atoms with Crippen molar-refractivity contribution >= 4 is 5.78 Å². The molecule has 6 atom stereocenters. The van der Waals surface area contributed by atoms with Crippen LogP contribution >= 0.6 is 0 Å². The average Bonchev–Trinajstić information content (AvgIpc) is 2.91. The van der Waals surface area contributed by atoms with Crippen LogP contribution in [0.4, 0.5) is 0 Å². The molecule has 0 N–H and O–H groups in total. The molecule has 5 unspecified atom stereocenters. The molecule has 3 aliphatic rings. The van der Waals surface area contributed by atoms with Crippen molar-refractivity contribution in [3.8, 4) is 0 Å². The summed E-state index contributed by atoms with van der Waals surface area (Å²) in [6.07, 6.45) is 5.27. The molecule has 1 nitrogen and oxygen atoms in total. The average molecular weight is 206 g/mol. The number of hydrogen-bond acceptors (Lipinski definition) is 1. The SMILES string of the molecule is CC1CC2C[C@H]3CC3CC2(C)C(=O)C1C. The largest absolute Gasteiger partial charge is 0.299 e.